The Labute approximate surface area is 167 Å². The van der Waals surface area contributed by atoms with E-state index < -0.39 is 0 Å². The first kappa shape index (κ1) is 22.0. The average Bonchev–Trinajstić information content (AvgIpc) is 2.72. The van der Waals surface area contributed by atoms with Gasteiger partial charge in [-0.15, -0.1) is 0 Å². The first-order valence-electron chi connectivity index (χ1n) is 10.2. The molecule has 1 aromatic carbocycles. The summed E-state index contributed by atoms with van der Waals surface area (Å²) in [6.45, 7) is 4.20. The van der Waals surface area contributed by atoms with Crippen molar-refractivity contribution < 1.29 is 19.1 Å². The van der Waals surface area contributed by atoms with Crippen LogP contribution in [0.3, 0.4) is 0 Å². The number of carbonyl (C=O) groups excluding carboxylic acids is 2. The van der Waals surface area contributed by atoms with Crippen LogP contribution in [-0.2, 0) is 4.79 Å². The SMILES string of the molecule is CCCCOc1ccc(C(=O)N2CCCCC2CNC(=O)CCN)cc1OC. The Morgan fingerprint density at radius 3 is 2.82 bits per heavy atom. The lowest BCUT2D eigenvalue weighted by atomic mass is 10.0. The van der Waals surface area contributed by atoms with Crippen LogP contribution in [0.5, 0.6) is 11.5 Å². The minimum absolute atomic E-state index is 0.00514. The molecule has 156 valence electrons. The maximum atomic E-state index is 13.1. The molecule has 1 aliphatic heterocycles. The number of unbranched alkanes of at least 4 members (excludes halogenated alkanes) is 1. The first-order valence-corrected chi connectivity index (χ1v) is 10.2. The van der Waals surface area contributed by atoms with Crippen LogP contribution >= 0.6 is 0 Å². The number of nitrogens with zero attached hydrogens (tertiary/aromatic N) is 1. The van der Waals surface area contributed by atoms with Gasteiger partial charge in [0, 0.05) is 37.7 Å². The van der Waals surface area contributed by atoms with Crippen LogP contribution in [0.2, 0.25) is 0 Å². The molecule has 3 N–H and O–H groups in total. The van der Waals surface area contributed by atoms with E-state index in [1.54, 1.807) is 25.3 Å². The zero-order valence-corrected chi connectivity index (χ0v) is 17.0. The molecule has 1 aliphatic rings. The Morgan fingerprint density at radius 2 is 2.11 bits per heavy atom. The summed E-state index contributed by atoms with van der Waals surface area (Å²) in [6, 6.07) is 5.31. The van der Waals surface area contributed by atoms with Gasteiger partial charge in [0.15, 0.2) is 11.5 Å². The second kappa shape index (κ2) is 11.5. The van der Waals surface area contributed by atoms with Crippen LogP contribution in [0.15, 0.2) is 18.2 Å². The summed E-state index contributed by atoms with van der Waals surface area (Å²) >= 11 is 0. The number of amides is 2. The molecule has 0 aliphatic carbocycles. The monoisotopic (exact) mass is 391 g/mol. The second-order valence-electron chi connectivity index (χ2n) is 7.06. The van der Waals surface area contributed by atoms with Gasteiger partial charge >= 0.3 is 0 Å². The van der Waals surface area contributed by atoms with E-state index in [-0.39, 0.29) is 17.9 Å². The predicted octanol–water partition coefficient (Wildman–Crippen LogP) is 2.33. The maximum Gasteiger partial charge on any atom is 0.254 e. The number of nitrogens with one attached hydrogen (secondary N) is 1. The van der Waals surface area contributed by atoms with E-state index in [1.165, 1.54) is 0 Å². The molecule has 7 nitrogen and oxygen atoms in total. The normalized spacial score (nSPS) is 16.5. The summed E-state index contributed by atoms with van der Waals surface area (Å²) in [6.07, 6.45) is 5.22. The van der Waals surface area contributed by atoms with Crippen LogP contribution < -0.4 is 20.5 Å². The van der Waals surface area contributed by atoms with E-state index in [0.717, 1.165) is 32.1 Å². The van der Waals surface area contributed by atoms with Gasteiger partial charge in [-0.1, -0.05) is 13.3 Å². The fourth-order valence-corrected chi connectivity index (χ4v) is 3.34. The van der Waals surface area contributed by atoms with E-state index in [4.69, 9.17) is 15.2 Å². The van der Waals surface area contributed by atoms with Crippen LogP contribution in [0.25, 0.3) is 0 Å². The number of carbonyl (C=O) groups is 2. The van der Waals surface area contributed by atoms with Gasteiger partial charge in [-0.2, -0.15) is 0 Å². The highest BCUT2D eigenvalue weighted by Gasteiger charge is 2.28. The molecule has 0 radical (unpaired) electrons. The molecule has 0 spiro atoms. The molecule has 1 unspecified atom stereocenters. The van der Waals surface area contributed by atoms with Gasteiger partial charge in [0.1, 0.15) is 0 Å². The minimum atomic E-state index is -0.0734. The lowest BCUT2D eigenvalue weighted by Crippen LogP contribution is -2.49. The smallest absolute Gasteiger partial charge is 0.254 e. The van der Waals surface area contributed by atoms with E-state index in [0.29, 0.717) is 49.7 Å². The molecule has 1 saturated heterocycles. The zero-order chi connectivity index (χ0) is 20.4. The van der Waals surface area contributed by atoms with Gasteiger partial charge in [-0.25, -0.2) is 0 Å². The van der Waals surface area contributed by atoms with Gasteiger partial charge in [-0.05, 0) is 43.9 Å². The summed E-state index contributed by atoms with van der Waals surface area (Å²) in [7, 11) is 1.58. The summed E-state index contributed by atoms with van der Waals surface area (Å²) in [4.78, 5) is 26.7. The number of piperidine rings is 1. The highest BCUT2D eigenvalue weighted by molar-refractivity contribution is 5.95. The highest BCUT2D eigenvalue weighted by atomic mass is 16.5. The summed E-state index contributed by atoms with van der Waals surface area (Å²) in [5.41, 5.74) is 5.99. The minimum Gasteiger partial charge on any atom is -0.493 e. The number of ether oxygens (including phenoxy) is 2. The Hall–Kier alpha value is -2.28. The average molecular weight is 392 g/mol. The molecule has 2 rings (SSSR count). The van der Waals surface area contributed by atoms with E-state index in [9.17, 15) is 9.59 Å². The van der Waals surface area contributed by atoms with E-state index >= 15 is 0 Å². The van der Waals surface area contributed by atoms with Crippen molar-refractivity contribution in [1.29, 1.82) is 0 Å². The molecule has 1 aromatic rings. The van der Waals surface area contributed by atoms with Crippen molar-refractivity contribution in [1.82, 2.24) is 10.2 Å². The van der Waals surface area contributed by atoms with Crippen LogP contribution in [-0.4, -0.2) is 56.1 Å². The molecule has 7 heteroatoms. The number of methoxy groups -OCH3 is 1. The van der Waals surface area contributed by atoms with Gasteiger partial charge in [0.25, 0.3) is 5.91 Å². The van der Waals surface area contributed by atoms with Crippen molar-refractivity contribution >= 4 is 11.8 Å². The topological polar surface area (TPSA) is 93.9 Å². The Balaban J connectivity index is 2.07. The van der Waals surface area contributed by atoms with Gasteiger partial charge in [0.2, 0.25) is 5.91 Å². The number of rotatable bonds is 10. The summed E-state index contributed by atoms with van der Waals surface area (Å²) in [5, 5.41) is 2.89. The predicted molar refractivity (Wildman–Crippen MR) is 109 cm³/mol. The lowest BCUT2D eigenvalue weighted by Gasteiger charge is -2.36. The Kier molecular flexibility index (Phi) is 9.07. The number of hydrogen-bond donors (Lipinski definition) is 2. The number of nitrogens with two attached hydrogens (primary N) is 1. The van der Waals surface area contributed by atoms with E-state index in [1.807, 2.05) is 4.90 Å². The fraction of sp³-hybridized carbons (Fsp3) is 0.619. The van der Waals surface area contributed by atoms with Gasteiger partial charge in [0.05, 0.1) is 13.7 Å². The molecule has 1 fully saturated rings. The van der Waals surface area contributed by atoms with Crippen molar-refractivity contribution in [2.45, 2.75) is 51.5 Å². The Bertz CT molecular complexity index is 651. The summed E-state index contributed by atoms with van der Waals surface area (Å²) < 4.78 is 11.2. The van der Waals surface area contributed by atoms with Crippen LogP contribution in [0.1, 0.15) is 55.8 Å². The highest BCUT2D eigenvalue weighted by Crippen LogP contribution is 2.30. The van der Waals surface area contributed by atoms with Crippen LogP contribution in [0.4, 0.5) is 0 Å². The summed E-state index contributed by atoms with van der Waals surface area (Å²) in [5.74, 6) is 1.09. The lowest BCUT2D eigenvalue weighted by molar-refractivity contribution is -0.121. The molecule has 0 aromatic heterocycles. The first-order chi connectivity index (χ1) is 13.6. The van der Waals surface area contributed by atoms with Gasteiger partial charge in [-0.3, -0.25) is 9.59 Å². The molecule has 28 heavy (non-hydrogen) atoms. The van der Waals surface area contributed by atoms with E-state index in [2.05, 4.69) is 12.2 Å². The van der Waals surface area contributed by atoms with Gasteiger partial charge < -0.3 is 25.4 Å². The molecule has 1 heterocycles. The van der Waals surface area contributed by atoms with Crippen molar-refractivity contribution in [3.05, 3.63) is 23.8 Å². The van der Waals surface area contributed by atoms with Crippen molar-refractivity contribution in [2.24, 2.45) is 5.73 Å². The molecule has 2 amide bonds. The number of benzene rings is 1. The second-order valence-corrected chi connectivity index (χ2v) is 7.06. The largest absolute Gasteiger partial charge is 0.493 e. The molecule has 0 saturated carbocycles. The standard InChI is InChI=1S/C21H33N3O4/c1-3-4-13-28-18-9-8-16(14-19(18)27-2)21(26)24-12-6-5-7-17(24)15-23-20(25)10-11-22/h8-9,14,17H,3-7,10-13,15,22H2,1-2H3,(H,23,25). The third-order valence-electron chi connectivity index (χ3n) is 4.96. The van der Waals surface area contributed by atoms with Crippen molar-refractivity contribution in [3.8, 4) is 11.5 Å². The number of hydrogen-bond acceptors (Lipinski definition) is 5. The third-order valence-corrected chi connectivity index (χ3v) is 4.96. The maximum absolute atomic E-state index is 13.1. The fourth-order valence-electron chi connectivity index (χ4n) is 3.34. The number of likely N-dealkylation sites (tertiary alicyclic amines) is 1. The zero-order valence-electron chi connectivity index (χ0n) is 17.0. The molecular formula is C21H33N3O4. The molecular weight excluding hydrogens is 358 g/mol. The van der Waals surface area contributed by atoms with Crippen LogP contribution in [0, 0.1) is 0 Å². The third kappa shape index (κ3) is 6.12. The Morgan fingerprint density at radius 1 is 1.29 bits per heavy atom. The van der Waals surface area contributed by atoms with Crippen molar-refractivity contribution in [3.63, 3.8) is 0 Å². The molecule has 0 bridgehead atoms. The molecule has 1 atom stereocenters. The quantitative estimate of drug-likeness (QED) is 0.597. The van der Waals surface area contributed by atoms with Crippen molar-refractivity contribution in [2.75, 3.05) is 33.4 Å².